The first-order chi connectivity index (χ1) is 17.5. The van der Waals surface area contributed by atoms with Crippen molar-refractivity contribution in [2.45, 2.75) is 30.7 Å². The summed E-state index contributed by atoms with van der Waals surface area (Å²) in [7, 11) is -3.46. The van der Waals surface area contributed by atoms with E-state index in [1.165, 1.54) is 29.5 Å². The summed E-state index contributed by atoms with van der Waals surface area (Å²) in [5, 5.41) is 3.41. The first-order valence-corrected chi connectivity index (χ1v) is 14.2. The number of fused-ring (bicyclic) bond motifs is 1. The van der Waals surface area contributed by atoms with E-state index in [2.05, 4.69) is 15.3 Å². The van der Waals surface area contributed by atoms with Gasteiger partial charge in [-0.05, 0) is 23.1 Å². The van der Waals surface area contributed by atoms with Crippen molar-refractivity contribution in [1.29, 1.82) is 0 Å². The number of carbonyl (C=O) groups excluding carboxylic acids is 1. The number of ether oxygens (including phenoxy) is 3. The maximum atomic E-state index is 13.3. The Kier molecular flexibility index (Phi) is 8.58. The summed E-state index contributed by atoms with van der Waals surface area (Å²) in [6.45, 7) is 0.443. The lowest BCUT2D eigenvalue weighted by atomic mass is 10.2. The fourth-order valence-electron chi connectivity index (χ4n) is 3.56. The van der Waals surface area contributed by atoms with Gasteiger partial charge in [0.2, 0.25) is 5.82 Å². The fourth-order valence-corrected chi connectivity index (χ4v) is 5.39. The number of amides is 1. The maximum absolute atomic E-state index is 13.3. The van der Waals surface area contributed by atoms with E-state index in [9.17, 15) is 22.4 Å². The van der Waals surface area contributed by atoms with E-state index in [4.69, 9.17) is 31.5 Å². The number of thiophene rings is 1. The van der Waals surface area contributed by atoms with Crippen LogP contribution in [0.1, 0.15) is 21.7 Å². The molecule has 3 heterocycles. The van der Waals surface area contributed by atoms with Crippen molar-refractivity contribution >= 4 is 48.9 Å². The van der Waals surface area contributed by atoms with Gasteiger partial charge in [-0.1, -0.05) is 17.7 Å². The normalized spacial score (nSPS) is 19.1. The number of H-pyrrole nitrogens is 1. The second-order valence-electron chi connectivity index (χ2n) is 8.42. The van der Waals surface area contributed by atoms with Crippen molar-refractivity contribution in [2.75, 3.05) is 26.1 Å². The summed E-state index contributed by atoms with van der Waals surface area (Å²) in [6.07, 6.45) is -0.135. The Morgan fingerprint density at radius 3 is 2.86 bits per heavy atom. The van der Waals surface area contributed by atoms with Gasteiger partial charge in [-0.3, -0.25) is 9.59 Å². The molecule has 200 valence electrons. The molecule has 3 atom stereocenters. The van der Waals surface area contributed by atoms with Gasteiger partial charge in [-0.2, -0.15) is 0 Å². The van der Waals surface area contributed by atoms with Gasteiger partial charge in [0.05, 0.1) is 36.8 Å². The molecule has 1 aromatic carbocycles. The van der Waals surface area contributed by atoms with Gasteiger partial charge in [0.15, 0.2) is 9.84 Å². The molecule has 0 aliphatic carbocycles. The number of nitrogens with two attached hydrogens (primary N) is 1. The van der Waals surface area contributed by atoms with Crippen LogP contribution in [0.3, 0.4) is 0 Å². The molecular weight excluding hydrogens is 551 g/mol. The average Bonchev–Trinajstić information content (AvgIpc) is 3.27. The van der Waals surface area contributed by atoms with Gasteiger partial charge >= 0.3 is 0 Å². The Labute approximate surface area is 220 Å². The standard InChI is InChI=1S/C22H24ClFN4O7S2/c1-37(31,32)18(25)16-9-34-13(8-35-16)7-33-6-12-10-36-22-17(12)20(29)27-19(28-22)21(30)26-5-11-2-3-15(24)14(23)4-11/h2-4,10,13,16,18H,5-9,25H2,1H3,(H,26,30)(H,27,28,29). The molecule has 0 radical (unpaired) electrons. The number of nitrogens with one attached hydrogen (secondary N) is 2. The lowest BCUT2D eigenvalue weighted by Crippen LogP contribution is -2.50. The van der Waals surface area contributed by atoms with Crippen LogP contribution in [0.25, 0.3) is 10.2 Å². The highest BCUT2D eigenvalue weighted by Crippen LogP contribution is 2.22. The minimum absolute atomic E-state index is 0.0201. The number of sulfone groups is 1. The van der Waals surface area contributed by atoms with Gasteiger partial charge in [0.25, 0.3) is 11.5 Å². The van der Waals surface area contributed by atoms with Gasteiger partial charge in [-0.25, -0.2) is 17.8 Å². The Bertz CT molecular complexity index is 1450. The lowest BCUT2D eigenvalue weighted by Gasteiger charge is -2.31. The summed E-state index contributed by atoms with van der Waals surface area (Å²) in [5.74, 6) is -1.32. The first kappa shape index (κ1) is 27.6. The molecule has 0 spiro atoms. The summed E-state index contributed by atoms with van der Waals surface area (Å²) in [6, 6.07) is 4.08. The summed E-state index contributed by atoms with van der Waals surface area (Å²) in [4.78, 5) is 32.3. The second kappa shape index (κ2) is 11.5. The number of halogens is 2. The van der Waals surface area contributed by atoms with Crippen molar-refractivity contribution in [2.24, 2.45) is 5.73 Å². The molecule has 0 bridgehead atoms. The highest BCUT2D eigenvalue weighted by Gasteiger charge is 2.32. The van der Waals surface area contributed by atoms with Gasteiger partial charge in [-0.15, -0.1) is 11.3 Å². The number of rotatable bonds is 9. The largest absolute Gasteiger partial charge is 0.374 e. The number of hydrogen-bond donors (Lipinski definition) is 3. The van der Waals surface area contributed by atoms with Crippen molar-refractivity contribution in [3.63, 3.8) is 0 Å². The van der Waals surface area contributed by atoms with Crippen LogP contribution in [0.2, 0.25) is 5.02 Å². The van der Waals surface area contributed by atoms with Crippen LogP contribution in [0, 0.1) is 5.82 Å². The molecule has 37 heavy (non-hydrogen) atoms. The number of aromatic nitrogens is 2. The van der Waals surface area contributed by atoms with E-state index in [0.717, 1.165) is 6.26 Å². The van der Waals surface area contributed by atoms with Crippen molar-refractivity contribution in [3.8, 4) is 0 Å². The molecule has 1 aliphatic rings. The van der Waals surface area contributed by atoms with Crippen molar-refractivity contribution < 1.29 is 31.8 Å². The Hall–Kier alpha value is -2.46. The molecular formula is C22H24ClFN4O7S2. The predicted octanol–water partition coefficient (Wildman–Crippen LogP) is 1.34. The lowest BCUT2D eigenvalue weighted by molar-refractivity contribution is -0.152. The number of hydrogen-bond acceptors (Lipinski definition) is 10. The molecule has 4 N–H and O–H groups in total. The maximum Gasteiger partial charge on any atom is 0.287 e. The van der Waals surface area contributed by atoms with Crippen LogP contribution in [0.15, 0.2) is 28.4 Å². The molecule has 1 saturated heterocycles. The molecule has 3 unspecified atom stereocenters. The zero-order valence-electron chi connectivity index (χ0n) is 19.5. The molecule has 11 nitrogen and oxygen atoms in total. The third-order valence-corrected chi connectivity index (χ3v) is 8.09. The van der Waals surface area contributed by atoms with Crippen molar-refractivity contribution in [1.82, 2.24) is 15.3 Å². The van der Waals surface area contributed by atoms with Crippen LogP contribution < -0.4 is 16.6 Å². The van der Waals surface area contributed by atoms with Crippen LogP contribution in [-0.4, -0.2) is 68.0 Å². The molecule has 0 saturated carbocycles. The minimum atomic E-state index is -3.46. The Morgan fingerprint density at radius 1 is 1.41 bits per heavy atom. The van der Waals surface area contributed by atoms with Crippen LogP contribution in [0.4, 0.5) is 4.39 Å². The predicted molar refractivity (Wildman–Crippen MR) is 135 cm³/mol. The number of aromatic amines is 1. The number of carbonyl (C=O) groups is 1. The van der Waals surface area contributed by atoms with Gasteiger partial charge in [0.1, 0.15) is 28.2 Å². The molecule has 3 aromatic rings. The highest BCUT2D eigenvalue weighted by atomic mass is 35.5. The van der Waals surface area contributed by atoms with Crippen LogP contribution in [-0.2, 0) is 37.2 Å². The monoisotopic (exact) mass is 574 g/mol. The van der Waals surface area contributed by atoms with Crippen LogP contribution in [0.5, 0.6) is 0 Å². The molecule has 1 fully saturated rings. The number of benzene rings is 1. The summed E-state index contributed by atoms with van der Waals surface area (Å²) >= 11 is 6.95. The Morgan fingerprint density at radius 2 is 2.19 bits per heavy atom. The van der Waals surface area contributed by atoms with Crippen molar-refractivity contribution in [3.05, 3.63) is 61.7 Å². The Balaban J connectivity index is 1.32. The highest BCUT2D eigenvalue weighted by molar-refractivity contribution is 7.91. The molecule has 15 heteroatoms. The van der Waals surface area contributed by atoms with E-state index in [-0.39, 0.29) is 43.8 Å². The summed E-state index contributed by atoms with van der Waals surface area (Å²) in [5.41, 5.74) is 6.37. The second-order valence-corrected chi connectivity index (χ2v) is 11.9. The summed E-state index contributed by atoms with van der Waals surface area (Å²) < 4.78 is 53.2. The fraction of sp³-hybridized carbons (Fsp3) is 0.409. The zero-order chi connectivity index (χ0) is 26.7. The van der Waals surface area contributed by atoms with Gasteiger partial charge in [0, 0.05) is 18.4 Å². The third-order valence-electron chi connectivity index (χ3n) is 5.59. The zero-order valence-corrected chi connectivity index (χ0v) is 21.9. The van der Waals surface area contributed by atoms with Gasteiger partial charge < -0.3 is 30.2 Å². The van der Waals surface area contributed by atoms with E-state index in [0.29, 0.717) is 21.3 Å². The first-order valence-electron chi connectivity index (χ1n) is 11.0. The van der Waals surface area contributed by atoms with E-state index < -0.39 is 44.7 Å². The van der Waals surface area contributed by atoms with E-state index in [1.54, 1.807) is 5.38 Å². The van der Waals surface area contributed by atoms with Crippen LogP contribution >= 0.6 is 22.9 Å². The van der Waals surface area contributed by atoms with E-state index >= 15 is 0 Å². The quantitative estimate of drug-likeness (QED) is 0.342. The number of nitrogens with zero attached hydrogens (tertiary/aromatic N) is 1. The average molecular weight is 575 g/mol. The molecule has 1 amide bonds. The SMILES string of the molecule is CS(=O)(=O)C(N)C1COC(COCc2csc3nc(C(=O)NCc4ccc(F)c(Cl)c4)[nH]c(=O)c23)CO1. The topological polar surface area (TPSA) is 163 Å². The minimum Gasteiger partial charge on any atom is -0.374 e. The van der Waals surface area contributed by atoms with E-state index in [1.807, 2.05) is 0 Å². The third kappa shape index (κ3) is 6.71. The smallest absolute Gasteiger partial charge is 0.287 e. The molecule has 2 aromatic heterocycles. The molecule has 4 rings (SSSR count). The molecule has 1 aliphatic heterocycles.